The molecule has 1 aromatic carbocycles. The molecule has 0 saturated carbocycles. The van der Waals surface area contributed by atoms with Gasteiger partial charge in [0.05, 0.1) is 23.5 Å². The Balaban J connectivity index is 2.41. The molecule has 1 fully saturated rings. The Morgan fingerprint density at radius 2 is 1.96 bits per heavy atom. The van der Waals surface area contributed by atoms with Gasteiger partial charge >= 0.3 is 11.9 Å². The number of nitrogens with zero attached hydrogens (tertiary/aromatic N) is 1. The monoisotopic (exact) mass is 359 g/mol. The van der Waals surface area contributed by atoms with Crippen molar-refractivity contribution < 1.29 is 32.2 Å². The second-order valence-electron chi connectivity index (χ2n) is 5.87. The quantitative estimate of drug-likeness (QED) is 0.814. The lowest BCUT2D eigenvalue weighted by molar-refractivity contribution is -0.143. The fourth-order valence-corrected chi connectivity index (χ4v) is 4.44. The number of methoxy groups -OCH3 is 1. The number of esters is 1. The van der Waals surface area contributed by atoms with Gasteiger partial charge in [0.25, 0.3) is 0 Å². The van der Waals surface area contributed by atoms with Gasteiger partial charge in [-0.2, -0.15) is 4.31 Å². The Morgan fingerprint density at radius 1 is 1.29 bits per heavy atom. The molecule has 1 aliphatic rings. The Morgan fingerprint density at radius 3 is 2.54 bits per heavy atom. The summed E-state index contributed by atoms with van der Waals surface area (Å²) in [6.07, 6.45) is 0.373. The second-order valence-corrected chi connectivity index (χ2v) is 7.80. The maximum atomic E-state index is 13.7. The zero-order valence-corrected chi connectivity index (χ0v) is 14.0. The van der Waals surface area contributed by atoms with Crippen LogP contribution in [0.5, 0.6) is 0 Å². The van der Waals surface area contributed by atoms with Gasteiger partial charge in [-0.1, -0.05) is 6.92 Å². The van der Waals surface area contributed by atoms with E-state index in [9.17, 15) is 22.4 Å². The molecule has 0 spiro atoms. The molecular formula is C15H18FNO6S. The van der Waals surface area contributed by atoms with Crippen molar-refractivity contribution >= 4 is 22.0 Å². The van der Waals surface area contributed by atoms with Gasteiger partial charge < -0.3 is 9.84 Å². The highest BCUT2D eigenvalue weighted by atomic mass is 32.2. The smallest absolute Gasteiger partial charge is 0.337 e. The number of carboxylic acid groups (broad SMARTS) is 1. The van der Waals surface area contributed by atoms with Crippen LogP contribution in [0.3, 0.4) is 0 Å². The Kier molecular flexibility index (Phi) is 5.24. The average Bonchev–Trinajstić information content (AvgIpc) is 2.52. The molecule has 0 bridgehead atoms. The summed E-state index contributed by atoms with van der Waals surface area (Å²) in [7, 11) is -3.02. The summed E-state index contributed by atoms with van der Waals surface area (Å²) >= 11 is 0. The molecule has 0 aromatic heterocycles. The number of aliphatic carboxylic acids is 1. The van der Waals surface area contributed by atoms with Crippen molar-refractivity contribution in [3.8, 4) is 0 Å². The van der Waals surface area contributed by atoms with Gasteiger partial charge in [-0.3, -0.25) is 4.79 Å². The lowest BCUT2D eigenvalue weighted by Gasteiger charge is -2.33. The Hall–Kier alpha value is -2.00. The highest BCUT2D eigenvalue weighted by Crippen LogP contribution is 2.28. The van der Waals surface area contributed by atoms with E-state index in [-0.39, 0.29) is 24.6 Å². The van der Waals surface area contributed by atoms with Gasteiger partial charge in [-0.05, 0) is 30.5 Å². The predicted octanol–water partition coefficient (Wildman–Crippen LogP) is 1.34. The van der Waals surface area contributed by atoms with E-state index in [2.05, 4.69) is 4.74 Å². The topological polar surface area (TPSA) is 101 Å². The van der Waals surface area contributed by atoms with Crippen molar-refractivity contribution in [3.05, 3.63) is 29.6 Å². The Labute approximate surface area is 139 Å². The number of carbonyl (C=O) groups excluding carboxylic acids is 1. The molecule has 132 valence electrons. The maximum Gasteiger partial charge on any atom is 0.337 e. The van der Waals surface area contributed by atoms with E-state index in [1.807, 2.05) is 0 Å². The molecule has 1 aliphatic heterocycles. The molecule has 1 saturated heterocycles. The number of hydrogen-bond acceptors (Lipinski definition) is 5. The van der Waals surface area contributed by atoms with Crippen LogP contribution in [-0.4, -0.2) is 50.0 Å². The van der Waals surface area contributed by atoms with Crippen molar-refractivity contribution in [1.82, 2.24) is 4.31 Å². The van der Waals surface area contributed by atoms with E-state index < -0.39 is 38.6 Å². The average molecular weight is 359 g/mol. The fourth-order valence-electron chi connectivity index (χ4n) is 2.77. The number of sulfonamides is 1. The number of benzene rings is 1. The molecule has 0 aliphatic carbocycles. The Bertz CT molecular complexity index is 763. The molecule has 2 atom stereocenters. The van der Waals surface area contributed by atoms with E-state index in [4.69, 9.17) is 5.11 Å². The maximum absolute atomic E-state index is 13.7. The van der Waals surface area contributed by atoms with Crippen LogP contribution in [0.4, 0.5) is 4.39 Å². The SMILES string of the molecule is COC(=O)c1cc(F)cc(S(=O)(=O)N2CC(C)CC(C(=O)O)C2)c1. The first kappa shape index (κ1) is 18.3. The van der Waals surface area contributed by atoms with Gasteiger partial charge in [0.2, 0.25) is 10.0 Å². The third-order valence-corrected chi connectivity index (χ3v) is 5.72. The van der Waals surface area contributed by atoms with Gasteiger partial charge in [0.15, 0.2) is 0 Å². The van der Waals surface area contributed by atoms with Crippen LogP contribution >= 0.6 is 0 Å². The zero-order chi connectivity index (χ0) is 18.1. The molecule has 0 amide bonds. The van der Waals surface area contributed by atoms with Crippen molar-refractivity contribution in [2.75, 3.05) is 20.2 Å². The summed E-state index contributed by atoms with van der Waals surface area (Å²) < 4.78 is 44.7. The normalized spacial score (nSPS) is 22.1. The third-order valence-electron chi connectivity index (χ3n) is 3.91. The van der Waals surface area contributed by atoms with Gasteiger partial charge in [0, 0.05) is 13.1 Å². The summed E-state index contributed by atoms with van der Waals surface area (Å²) in [6, 6.07) is 2.71. The minimum absolute atomic E-state index is 0.135. The van der Waals surface area contributed by atoms with Crippen LogP contribution in [0.25, 0.3) is 0 Å². The molecule has 9 heteroatoms. The number of carbonyl (C=O) groups is 2. The standard InChI is InChI=1S/C15H18FNO6S/c1-9-3-11(14(18)19)8-17(7-9)24(21,22)13-5-10(15(20)23-2)4-12(16)6-13/h4-6,9,11H,3,7-8H2,1-2H3,(H,18,19). The number of piperidine rings is 1. The summed E-state index contributed by atoms with van der Waals surface area (Å²) in [5.74, 6) is -3.80. The zero-order valence-electron chi connectivity index (χ0n) is 13.2. The predicted molar refractivity (Wildman–Crippen MR) is 81.4 cm³/mol. The molecule has 1 aromatic rings. The van der Waals surface area contributed by atoms with E-state index in [1.165, 1.54) is 0 Å². The van der Waals surface area contributed by atoms with Crippen LogP contribution in [0.2, 0.25) is 0 Å². The van der Waals surface area contributed by atoms with Gasteiger partial charge in [-0.25, -0.2) is 17.6 Å². The summed E-state index contributed by atoms with van der Waals surface area (Å²) in [5, 5.41) is 9.16. The summed E-state index contributed by atoms with van der Waals surface area (Å²) in [4.78, 5) is 22.3. The van der Waals surface area contributed by atoms with E-state index in [0.717, 1.165) is 29.6 Å². The van der Waals surface area contributed by atoms with E-state index in [1.54, 1.807) is 6.92 Å². The van der Waals surface area contributed by atoms with Crippen LogP contribution in [0.15, 0.2) is 23.1 Å². The van der Waals surface area contributed by atoms with Crippen LogP contribution < -0.4 is 0 Å². The van der Waals surface area contributed by atoms with Crippen LogP contribution in [0, 0.1) is 17.7 Å². The van der Waals surface area contributed by atoms with Crippen molar-refractivity contribution in [2.45, 2.75) is 18.2 Å². The lowest BCUT2D eigenvalue weighted by Crippen LogP contribution is -2.45. The van der Waals surface area contributed by atoms with Crippen molar-refractivity contribution in [1.29, 1.82) is 0 Å². The molecule has 24 heavy (non-hydrogen) atoms. The third kappa shape index (κ3) is 3.73. The van der Waals surface area contributed by atoms with Crippen LogP contribution in [-0.2, 0) is 19.6 Å². The summed E-state index contributed by atoms with van der Waals surface area (Å²) in [6.45, 7) is 1.70. The van der Waals surface area contributed by atoms with Crippen LogP contribution in [0.1, 0.15) is 23.7 Å². The first-order valence-electron chi connectivity index (χ1n) is 7.27. The highest BCUT2D eigenvalue weighted by Gasteiger charge is 2.36. The first-order chi connectivity index (χ1) is 11.1. The molecule has 7 nitrogen and oxygen atoms in total. The minimum Gasteiger partial charge on any atom is -0.481 e. The number of halogens is 1. The first-order valence-corrected chi connectivity index (χ1v) is 8.71. The molecule has 1 heterocycles. The van der Waals surface area contributed by atoms with E-state index >= 15 is 0 Å². The van der Waals surface area contributed by atoms with Gasteiger partial charge in [-0.15, -0.1) is 0 Å². The van der Waals surface area contributed by atoms with Crippen molar-refractivity contribution in [3.63, 3.8) is 0 Å². The molecule has 1 N–H and O–H groups in total. The van der Waals surface area contributed by atoms with E-state index in [0.29, 0.717) is 6.42 Å². The molecule has 2 unspecified atom stereocenters. The number of ether oxygens (including phenoxy) is 1. The summed E-state index contributed by atoms with van der Waals surface area (Å²) in [5.41, 5.74) is -0.226. The number of hydrogen-bond donors (Lipinski definition) is 1. The molecule has 0 radical (unpaired) electrons. The molecular weight excluding hydrogens is 341 g/mol. The lowest BCUT2D eigenvalue weighted by atomic mass is 9.92. The molecule has 2 rings (SSSR count). The van der Waals surface area contributed by atoms with Crippen molar-refractivity contribution in [2.24, 2.45) is 11.8 Å². The largest absolute Gasteiger partial charge is 0.481 e. The minimum atomic E-state index is -4.13. The fraction of sp³-hybridized carbons (Fsp3) is 0.467. The number of rotatable bonds is 4. The second kappa shape index (κ2) is 6.86. The number of carboxylic acids is 1. The highest BCUT2D eigenvalue weighted by molar-refractivity contribution is 7.89. The van der Waals surface area contributed by atoms with Gasteiger partial charge in [0.1, 0.15) is 5.82 Å².